The number of para-hydroxylation sites is 2. The number of aryl methyl sites for hydroxylation is 1. The predicted molar refractivity (Wildman–Crippen MR) is 102 cm³/mol. The van der Waals surface area contributed by atoms with Gasteiger partial charge in [-0.15, -0.1) is 0 Å². The van der Waals surface area contributed by atoms with Gasteiger partial charge >= 0.3 is 12.3 Å². The van der Waals surface area contributed by atoms with E-state index in [1.165, 1.54) is 42.5 Å². The summed E-state index contributed by atoms with van der Waals surface area (Å²) >= 11 is 0. The first-order valence-corrected chi connectivity index (χ1v) is 8.65. The highest BCUT2D eigenvalue weighted by molar-refractivity contribution is 6.03. The molecule has 0 bridgehead atoms. The smallest absolute Gasteiger partial charge is 0.387 e. The summed E-state index contributed by atoms with van der Waals surface area (Å²) in [7, 11) is 0. The van der Waals surface area contributed by atoms with E-state index in [1.54, 1.807) is 19.1 Å². The monoisotopic (exact) mass is 418 g/mol. The van der Waals surface area contributed by atoms with Crippen LogP contribution in [-0.2, 0) is 6.61 Å². The lowest BCUT2D eigenvalue weighted by Gasteiger charge is -2.10. The van der Waals surface area contributed by atoms with E-state index < -0.39 is 17.4 Å². The van der Waals surface area contributed by atoms with Crippen LogP contribution in [-0.4, -0.2) is 17.4 Å². The SMILES string of the molecule is Cc1ccc(OCc2ccc(C(=O)Nc3ccccc3OC(F)F)o2)c([N+](=O)[O-])c1. The molecule has 0 fully saturated rings. The number of ether oxygens (including phenoxy) is 2. The third-order valence-corrected chi connectivity index (χ3v) is 3.92. The van der Waals surface area contributed by atoms with Gasteiger partial charge in [-0.1, -0.05) is 18.2 Å². The zero-order valence-electron chi connectivity index (χ0n) is 15.6. The van der Waals surface area contributed by atoms with Crippen molar-refractivity contribution in [2.24, 2.45) is 0 Å². The van der Waals surface area contributed by atoms with E-state index >= 15 is 0 Å². The topological polar surface area (TPSA) is 104 Å². The van der Waals surface area contributed by atoms with Gasteiger partial charge in [0.2, 0.25) is 0 Å². The van der Waals surface area contributed by atoms with Crippen LogP contribution in [0.3, 0.4) is 0 Å². The van der Waals surface area contributed by atoms with Gasteiger partial charge in [-0.3, -0.25) is 14.9 Å². The van der Waals surface area contributed by atoms with Gasteiger partial charge in [0.1, 0.15) is 18.1 Å². The molecule has 3 aromatic rings. The zero-order valence-corrected chi connectivity index (χ0v) is 15.6. The standard InChI is InChI=1S/C20H16F2N2O6/c1-12-6-8-17(15(10-12)24(26)27)28-11-13-7-9-18(29-13)19(25)23-14-4-2-3-5-16(14)30-20(21)22/h2-10,20H,11H2,1H3,(H,23,25). The number of furan rings is 1. The molecule has 0 saturated carbocycles. The number of nitro groups is 1. The number of anilines is 1. The van der Waals surface area contributed by atoms with E-state index in [4.69, 9.17) is 9.15 Å². The molecule has 1 amide bonds. The molecule has 0 aliphatic rings. The lowest BCUT2D eigenvalue weighted by molar-refractivity contribution is -0.386. The van der Waals surface area contributed by atoms with Crippen LogP contribution in [0, 0.1) is 17.0 Å². The highest BCUT2D eigenvalue weighted by Gasteiger charge is 2.18. The molecule has 0 aliphatic heterocycles. The second kappa shape index (κ2) is 9.03. The van der Waals surface area contributed by atoms with Gasteiger partial charge < -0.3 is 19.2 Å². The van der Waals surface area contributed by atoms with Gasteiger partial charge in [-0.05, 0) is 42.8 Å². The summed E-state index contributed by atoms with van der Waals surface area (Å²) in [6, 6.07) is 13.1. The van der Waals surface area contributed by atoms with Gasteiger partial charge in [0.25, 0.3) is 5.91 Å². The van der Waals surface area contributed by atoms with Gasteiger partial charge in [0, 0.05) is 6.07 Å². The summed E-state index contributed by atoms with van der Waals surface area (Å²) < 4.78 is 40.2. The van der Waals surface area contributed by atoms with E-state index in [0.29, 0.717) is 5.56 Å². The van der Waals surface area contributed by atoms with Crippen molar-refractivity contribution in [3.8, 4) is 11.5 Å². The summed E-state index contributed by atoms with van der Waals surface area (Å²) in [5.41, 5.74) is 0.574. The summed E-state index contributed by atoms with van der Waals surface area (Å²) in [4.78, 5) is 22.9. The molecule has 0 atom stereocenters. The molecule has 0 radical (unpaired) electrons. The molecule has 156 valence electrons. The normalized spacial score (nSPS) is 10.7. The Hall–Kier alpha value is -3.95. The van der Waals surface area contributed by atoms with E-state index in [2.05, 4.69) is 10.1 Å². The maximum absolute atomic E-state index is 12.5. The lowest BCUT2D eigenvalue weighted by atomic mass is 10.2. The molecule has 0 saturated heterocycles. The summed E-state index contributed by atoms with van der Waals surface area (Å²) in [6.07, 6.45) is 0. The summed E-state index contributed by atoms with van der Waals surface area (Å²) in [6.45, 7) is -1.47. The van der Waals surface area contributed by atoms with Crippen LogP contribution in [0.1, 0.15) is 21.9 Å². The minimum atomic E-state index is -3.04. The lowest BCUT2D eigenvalue weighted by Crippen LogP contribution is -2.13. The quantitative estimate of drug-likeness (QED) is 0.411. The Bertz CT molecular complexity index is 1070. The third kappa shape index (κ3) is 5.10. The van der Waals surface area contributed by atoms with E-state index in [9.17, 15) is 23.7 Å². The molecule has 2 aromatic carbocycles. The molecule has 0 unspecified atom stereocenters. The first kappa shape index (κ1) is 20.8. The van der Waals surface area contributed by atoms with Crippen molar-refractivity contribution in [3.05, 3.63) is 81.8 Å². The number of amides is 1. The zero-order chi connectivity index (χ0) is 21.7. The second-order valence-corrected chi connectivity index (χ2v) is 6.11. The molecule has 0 aliphatic carbocycles. The van der Waals surface area contributed by atoms with Gasteiger partial charge in [0.15, 0.2) is 11.5 Å². The van der Waals surface area contributed by atoms with Crippen LogP contribution in [0.4, 0.5) is 20.2 Å². The van der Waals surface area contributed by atoms with Crippen LogP contribution < -0.4 is 14.8 Å². The number of benzene rings is 2. The number of carbonyl (C=O) groups excluding carboxylic acids is 1. The summed E-state index contributed by atoms with van der Waals surface area (Å²) in [5, 5.41) is 13.6. The van der Waals surface area contributed by atoms with E-state index in [1.807, 2.05) is 0 Å². The largest absolute Gasteiger partial charge is 0.479 e. The molecule has 8 nitrogen and oxygen atoms in total. The number of rotatable bonds is 8. The average Bonchev–Trinajstić information content (AvgIpc) is 3.17. The van der Waals surface area contributed by atoms with Crippen molar-refractivity contribution in [2.45, 2.75) is 20.1 Å². The van der Waals surface area contributed by atoms with Crippen LogP contribution in [0.5, 0.6) is 11.5 Å². The Kier molecular flexibility index (Phi) is 6.26. The van der Waals surface area contributed by atoms with Crippen LogP contribution >= 0.6 is 0 Å². The number of halogens is 2. The Labute approximate surface area is 169 Å². The molecule has 1 heterocycles. The number of nitrogens with one attached hydrogen (secondary N) is 1. The molecule has 10 heteroatoms. The number of nitro benzene ring substituents is 1. The number of nitrogens with zero attached hydrogens (tertiary/aromatic N) is 1. The molecule has 0 spiro atoms. The molecule has 1 N–H and O–H groups in total. The van der Waals surface area contributed by atoms with Crippen molar-refractivity contribution in [1.29, 1.82) is 0 Å². The number of carbonyl (C=O) groups is 1. The maximum atomic E-state index is 12.5. The van der Waals surface area contributed by atoms with Crippen molar-refractivity contribution < 1.29 is 32.4 Å². The fourth-order valence-corrected chi connectivity index (χ4v) is 2.57. The number of alkyl halides is 2. The minimum absolute atomic E-state index is 0.0484. The fraction of sp³-hybridized carbons (Fsp3) is 0.150. The Morgan fingerprint density at radius 1 is 1.17 bits per heavy atom. The highest BCUT2D eigenvalue weighted by atomic mass is 19.3. The van der Waals surface area contributed by atoms with Crippen molar-refractivity contribution in [2.75, 3.05) is 5.32 Å². The second-order valence-electron chi connectivity index (χ2n) is 6.11. The van der Waals surface area contributed by atoms with E-state index in [-0.39, 0.29) is 41.0 Å². The van der Waals surface area contributed by atoms with Gasteiger partial charge in [0.05, 0.1) is 10.6 Å². The first-order chi connectivity index (χ1) is 14.3. The predicted octanol–water partition coefficient (Wildman–Crippen LogP) is 4.93. The van der Waals surface area contributed by atoms with Crippen LogP contribution in [0.2, 0.25) is 0 Å². The van der Waals surface area contributed by atoms with Gasteiger partial charge in [-0.25, -0.2) is 0 Å². The molecular formula is C20H16F2N2O6. The average molecular weight is 418 g/mol. The van der Waals surface area contributed by atoms with E-state index in [0.717, 1.165) is 0 Å². The molecule has 30 heavy (non-hydrogen) atoms. The van der Waals surface area contributed by atoms with Crippen LogP contribution in [0.15, 0.2) is 59.0 Å². The Balaban J connectivity index is 1.67. The Morgan fingerprint density at radius 2 is 1.93 bits per heavy atom. The first-order valence-electron chi connectivity index (χ1n) is 8.65. The third-order valence-electron chi connectivity index (χ3n) is 3.92. The minimum Gasteiger partial charge on any atom is -0.479 e. The maximum Gasteiger partial charge on any atom is 0.387 e. The van der Waals surface area contributed by atoms with Crippen LogP contribution in [0.25, 0.3) is 0 Å². The summed E-state index contributed by atoms with van der Waals surface area (Å²) in [5.74, 6) is -0.674. The number of hydrogen-bond acceptors (Lipinski definition) is 6. The fourth-order valence-electron chi connectivity index (χ4n) is 2.57. The number of hydrogen-bond donors (Lipinski definition) is 1. The van der Waals surface area contributed by atoms with Crippen molar-refractivity contribution in [1.82, 2.24) is 0 Å². The Morgan fingerprint density at radius 3 is 2.67 bits per heavy atom. The molecule has 3 rings (SSSR count). The van der Waals surface area contributed by atoms with Gasteiger partial charge in [-0.2, -0.15) is 8.78 Å². The highest BCUT2D eigenvalue weighted by Crippen LogP contribution is 2.29. The van der Waals surface area contributed by atoms with Crippen molar-refractivity contribution >= 4 is 17.3 Å². The van der Waals surface area contributed by atoms with Crippen molar-refractivity contribution in [3.63, 3.8) is 0 Å². The molecular weight excluding hydrogens is 402 g/mol. The molecule has 1 aromatic heterocycles.